The molecule has 2 nitrogen and oxygen atoms in total. The molecular weight excluding hydrogens is 232 g/mol. The standard InChI is InChI=1S/C17H26N2/c1-4-10-19(17-8-9-17)13-16-7-5-6-15(11-16)12-18-14(2)3/h4-7,11,14,17-18H,1,8-10,12-13H2,2-3H3. The fourth-order valence-corrected chi connectivity index (χ4v) is 2.34. The van der Waals surface area contributed by atoms with Crippen molar-refractivity contribution in [3.8, 4) is 0 Å². The SMILES string of the molecule is C=CCN(Cc1cccc(CNC(C)C)c1)C1CC1. The molecular formula is C17H26N2. The Hall–Kier alpha value is -1.12. The second-order valence-corrected chi connectivity index (χ2v) is 5.80. The maximum atomic E-state index is 3.87. The first-order valence-corrected chi connectivity index (χ1v) is 7.35. The number of nitrogens with one attached hydrogen (secondary N) is 1. The van der Waals surface area contributed by atoms with Crippen molar-refractivity contribution in [1.29, 1.82) is 0 Å². The zero-order chi connectivity index (χ0) is 13.7. The monoisotopic (exact) mass is 258 g/mol. The summed E-state index contributed by atoms with van der Waals surface area (Å²) in [6.45, 7) is 11.2. The first-order valence-electron chi connectivity index (χ1n) is 7.35. The highest BCUT2D eigenvalue weighted by atomic mass is 15.2. The van der Waals surface area contributed by atoms with Crippen molar-refractivity contribution in [3.63, 3.8) is 0 Å². The van der Waals surface area contributed by atoms with E-state index in [0.717, 1.165) is 25.7 Å². The van der Waals surface area contributed by atoms with E-state index in [0.29, 0.717) is 6.04 Å². The number of nitrogens with zero attached hydrogens (tertiary/aromatic N) is 1. The van der Waals surface area contributed by atoms with Crippen LogP contribution in [-0.2, 0) is 13.1 Å². The Morgan fingerprint density at radius 2 is 2.11 bits per heavy atom. The van der Waals surface area contributed by atoms with Gasteiger partial charge in [0.1, 0.15) is 0 Å². The van der Waals surface area contributed by atoms with E-state index in [2.05, 4.69) is 54.9 Å². The van der Waals surface area contributed by atoms with Gasteiger partial charge in [0, 0.05) is 31.7 Å². The molecule has 1 aromatic rings. The third-order valence-corrected chi connectivity index (χ3v) is 3.52. The average Bonchev–Trinajstić information content (AvgIpc) is 3.21. The van der Waals surface area contributed by atoms with E-state index in [9.17, 15) is 0 Å². The summed E-state index contributed by atoms with van der Waals surface area (Å²) < 4.78 is 0. The van der Waals surface area contributed by atoms with Crippen LogP contribution in [0.5, 0.6) is 0 Å². The lowest BCUT2D eigenvalue weighted by Crippen LogP contribution is -2.26. The van der Waals surface area contributed by atoms with E-state index in [1.54, 1.807) is 0 Å². The minimum absolute atomic E-state index is 0.535. The van der Waals surface area contributed by atoms with Crippen LogP contribution in [0.4, 0.5) is 0 Å². The van der Waals surface area contributed by atoms with Gasteiger partial charge in [0.25, 0.3) is 0 Å². The lowest BCUT2D eigenvalue weighted by molar-refractivity contribution is 0.284. The van der Waals surface area contributed by atoms with Crippen LogP contribution in [0.15, 0.2) is 36.9 Å². The van der Waals surface area contributed by atoms with Crippen LogP contribution in [0.3, 0.4) is 0 Å². The summed E-state index contributed by atoms with van der Waals surface area (Å²) in [5.41, 5.74) is 2.79. The molecule has 0 aliphatic heterocycles. The lowest BCUT2D eigenvalue weighted by Gasteiger charge is -2.20. The van der Waals surface area contributed by atoms with Crippen LogP contribution in [0, 0.1) is 0 Å². The van der Waals surface area contributed by atoms with Crippen molar-refractivity contribution in [2.45, 2.75) is 51.9 Å². The molecule has 0 amide bonds. The van der Waals surface area contributed by atoms with Gasteiger partial charge in [-0.05, 0) is 24.0 Å². The van der Waals surface area contributed by atoms with Crippen LogP contribution in [0.1, 0.15) is 37.8 Å². The number of hydrogen-bond donors (Lipinski definition) is 1. The van der Waals surface area contributed by atoms with E-state index in [1.807, 2.05) is 6.08 Å². The molecule has 1 aromatic carbocycles. The second-order valence-electron chi connectivity index (χ2n) is 5.80. The van der Waals surface area contributed by atoms with Crippen LogP contribution in [0.2, 0.25) is 0 Å². The molecule has 2 heteroatoms. The summed E-state index contributed by atoms with van der Waals surface area (Å²) in [6, 6.07) is 10.3. The Morgan fingerprint density at radius 1 is 1.37 bits per heavy atom. The molecule has 1 N–H and O–H groups in total. The average molecular weight is 258 g/mol. The van der Waals surface area contributed by atoms with Gasteiger partial charge in [-0.2, -0.15) is 0 Å². The third-order valence-electron chi connectivity index (χ3n) is 3.52. The van der Waals surface area contributed by atoms with E-state index in [4.69, 9.17) is 0 Å². The summed E-state index contributed by atoms with van der Waals surface area (Å²) in [5.74, 6) is 0. The van der Waals surface area contributed by atoms with Crippen LogP contribution < -0.4 is 5.32 Å². The van der Waals surface area contributed by atoms with Gasteiger partial charge >= 0.3 is 0 Å². The second kappa shape index (κ2) is 6.88. The van der Waals surface area contributed by atoms with Crippen molar-refractivity contribution in [1.82, 2.24) is 10.2 Å². The Labute approximate surface area is 117 Å². The quantitative estimate of drug-likeness (QED) is 0.720. The normalized spacial score (nSPS) is 15.2. The third kappa shape index (κ3) is 4.81. The molecule has 0 saturated heterocycles. The molecule has 0 heterocycles. The predicted octanol–water partition coefficient (Wildman–Crippen LogP) is 3.34. The summed E-state index contributed by atoms with van der Waals surface area (Å²) >= 11 is 0. The van der Waals surface area contributed by atoms with Crippen molar-refractivity contribution < 1.29 is 0 Å². The molecule has 0 radical (unpaired) electrons. The highest BCUT2D eigenvalue weighted by molar-refractivity contribution is 5.23. The predicted molar refractivity (Wildman–Crippen MR) is 82.0 cm³/mol. The lowest BCUT2D eigenvalue weighted by atomic mass is 10.1. The number of hydrogen-bond acceptors (Lipinski definition) is 2. The smallest absolute Gasteiger partial charge is 0.0240 e. The zero-order valence-corrected chi connectivity index (χ0v) is 12.2. The minimum atomic E-state index is 0.535. The molecule has 0 spiro atoms. The fraction of sp³-hybridized carbons (Fsp3) is 0.529. The van der Waals surface area contributed by atoms with Gasteiger partial charge in [-0.15, -0.1) is 6.58 Å². The zero-order valence-electron chi connectivity index (χ0n) is 12.2. The van der Waals surface area contributed by atoms with E-state index >= 15 is 0 Å². The van der Waals surface area contributed by atoms with Gasteiger partial charge in [-0.25, -0.2) is 0 Å². The highest BCUT2D eigenvalue weighted by Gasteiger charge is 2.27. The minimum Gasteiger partial charge on any atom is -0.310 e. The maximum Gasteiger partial charge on any atom is 0.0240 e. The Balaban J connectivity index is 1.95. The van der Waals surface area contributed by atoms with Crippen molar-refractivity contribution in [3.05, 3.63) is 48.0 Å². The van der Waals surface area contributed by atoms with E-state index < -0.39 is 0 Å². The first-order chi connectivity index (χ1) is 9.19. The van der Waals surface area contributed by atoms with Gasteiger partial charge in [0.05, 0.1) is 0 Å². The summed E-state index contributed by atoms with van der Waals surface area (Å²) in [7, 11) is 0. The van der Waals surface area contributed by atoms with E-state index in [1.165, 1.54) is 24.0 Å². The Kier molecular flexibility index (Phi) is 5.17. The van der Waals surface area contributed by atoms with Gasteiger partial charge in [0.2, 0.25) is 0 Å². The Bertz CT molecular complexity index is 407. The molecule has 1 fully saturated rings. The number of rotatable bonds is 8. The van der Waals surface area contributed by atoms with Gasteiger partial charge in [-0.3, -0.25) is 4.90 Å². The molecule has 19 heavy (non-hydrogen) atoms. The maximum absolute atomic E-state index is 3.87. The van der Waals surface area contributed by atoms with Crippen LogP contribution in [0.25, 0.3) is 0 Å². The molecule has 104 valence electrons. The van der Waals surface area contributed by atoms with Crippen LogP contribution in [-0.4, -0.2) is 23.5 Å². The molecule has 1 saturated carbocycles. The van der Waals surface area contributed by atoms with Crippen molar-refractivity contribution >= 4 is 0 Å². The van der Waals surface area contributed by atoms with E-state index in [-0.39, 0.29) is 0 Å². The summed E-state index contributed by atoms with van der Waals surface area (Å²) in [6.07, 6.45) is 4.72. The molecule has 2 rings (SSSR count). The summed E-state index contributed by atoms with van der Waals surface area (Å²) in [4.78, 5) is 2.53. The first kappa shape index (κ1) is 14.3. The van der Waals surface area contributed by atoms with Gasteiger partial charge in [-0.1, -0.05) is 44.2 Å². The fourth-order valence-electron chi connectivity index (χ4n) is 2.34. The van der Waals surface area contributed by atoms with Crippen LogP contribution >= 0.6 is 0 Å². The molecule has 0 bridgehead atoms. The van der Waals surface area contributed by atoms with Crippen molar-refractivity contribution in [2.75, 3.05) is 6.54 Å². The molecule has 1 aliphatic rings. The summed E-state index contributed by atoms with van der Waals surface area (Å²) in [5, 5.41) is 3.47. The van der Waals surface area contributed by atoms with Gasteiger partial charge < -0.3 is 5.32 Å². The molecule has 0 unspecified atom stereocenters. The Morgan fingerprint density at radius 3 is 2.74 bits per heavy atom. The molecule has 0 atom stereocenters. The van der Waals surface area contributed by atoms with Crippen molar-refractivity contribution in [2.24, 2.45) is 0 Å². The molecule has 0 aromatic heterocycles. The molecule has 1 aliphatic carbocycles. The number of benzene rings is 1. The highest BCUT2D eigenvalue weighted by Crippen LogP contribution is 2.28. The van der Waals surface area contributed by atoms with Gasteiger partial charge in [0.15, 0.2) is 0 Å². The topological polar surface area (TPSA) is 15.3 Å². The largest absolute Gasteiger partial charge is 0.310 e.